The van der Waals surface area contributed by atoms with Crippen molar-refractivity contribution in [1.29, 1.82) is 0 Å². The highest BCUT2D eigenvalue weighted by atomic mass is 16.5. The largest absolute Gasteiger partial charge is 0.497 e. The first-order valence-electron chi connectivity index (χ1n) is 8.54. The monoisotopic (exact) mass is 340 g/mol. The zero-order chi connectivity index (χ0) is 18.0. The highest BCUT2D eigenvalue weighted by molar-refractivity contribution is 5.94. The molecule has 1 aliphatic heterocycles. The Bertz CT molecular complexity index is 739. The average molecular weight is 340 g/mol. The van der Waals surface area contributed by atoms with E-state index >= 15 is 0 Å². The number of carbonyl (C=O) groups is 1. The molecule has 5 heteroatoms. The molecular weight excluding hydrogens is 316 g/mol. The fourth-order valence-electron chi connectivity index (χ4n) is 3.48. The fraction of sp³-hybridized carbons (Fsp3) is 0.400. The van der Waals surface area contributed by atoms with Crippen LogP contribution < -0.4 is 4.74 Å². The van der Waals surface area contributed by atoms with Crippen LogP contribution in [0.25, 0.3) is 0 Å². The average Bonchev–Trinajstić information content (AvgIpc) is 3.12. The number of aryl methyl sites for hydroxylation is 1. The Labute approximate surface area is 148 Å². The third-order valence-electron chi connectivity index (χ3n) is 5.00. The molecule has 132 valence electrons. The van der Waals surface area contributed by atoms with E-state index in [1.54, 1.807) is 31.2 Å². The summed E-state index contributed by atoms with van der Waals surface area (Å²) in [4.78, 5) is 18.9. The number of amides is 1. The minimum Gasteiger partial charge on any atom is -0.497 e. The van der Waals surface area contributed by atoms with Crippen LogP contribution in [0.15, 0.2) is 42.6 Å². The van der Waals surface area contributed by atoms with Gasteiger partial charge in [-0.05, 0) is 56.5 Å². The summed E-state index contributed by atoms with van der Waals surface area (Å²) >= 11 is 0. The van der Waals surface area contributed by atoms with Gasteiger partial charge < -0.3 is 14.7 Å². The summed E-state index contributed by atoms with van der Waals surface area (Å²) in [5.41, 5.74) is 1.08. The second kappa shape index (κ2) is 6.84. The van der Waals surface area contributed by atoms with E-state index in [0.29, 0.717) is 12.1 Å². The lowest BCUT2D eigenvalue weighted by molar-refractivity contribution is -0.0177. The standard InChI is InChI=1S/C20H24N2O3/c1-14-6-7-15(13-21-14)19(23)22-12-4-5-18(22)20(2,24)16-8-10-17(25-3)11-9-16/h6-11,13,18,24H,4-5,12H2,1-3H3/t18-,20-/m1/s1. The molecule has 0 bridgehead atoms. The maximum Gasteiger partial charge on any atom is 0.255 e. The van der Waals surface area contributed by atoms with Crippen molar-refractivity contribution in [3.05, 3.63) is 59.4 Å². The van der Waals surface area contributed by atoms with Crippen molar-refractivity contribution in [2.45, 2.75) is 38.3 Å². The number of pyridine rings is 1. The number of likely N-dealkylation sites (tertiary alicyclic amines) is 1. The van der Waals surface area contributed by atoms with Crippen molar-refractivity contribution in [3.8, 4) is 5.75 Å². The number of aliphatic hydroxyl groups is 1. The molecule has 0 saturated carbocycles. The van der Waals surface area contributed by atoms with Gasteiger partial charge >= 0.3 is 0 Å². The van der Waals surface area contributed by atoms with E-state index in [1.807, 2.05) is 37.3 Å². The molecule has 0 spiro atoms. The third-order valence-corrected chi connectivity index (χ3v) is 5.00. The van der Waals surface area contributed by atoms with Gasteiger partial charge in [-0.25, -0.2) is 0 Å². The Morgan fingerprint density at radius 1 is 1.28 bits per heavy atom. The molecule has 1 amide bonds. The molecule has 2 aromatic rings. The third kappa shape index (κ3) is 3.37. The number of hydrogen-bond acceptors (Lipinski definition) is 4. The highest BCUT2D eigenvalue weighted by Crippen LogP contribution is 2.36. The minimum absolute atomic E-state index is 0.0798. The van der Waals surface area contributed by atoms with Gasteiger partial charge in [0.1, 0.15) is 11.4 Å². The molecule has 1 aromatic carbocycles. The van der Waals surface area contributed by atoms with E-state index in [2.05, 4.69) is 4.98 Å². The second-order valence-corrected chi connectivity index (χ2v) is 6.72. The molecule has 0 aliphatic carbocycles. The van der Waals surface area contributed by atoms with Crippen molar-refractivity contribution < 1.29 is 14.6 Å². The van der Waals surface area contributed by atoms with Crippen molar-refractivity contribution in [1.82, 2.24) is 9.88 Å². The van der Waals surface area contributed by atoms with Crippen LogP contribution in [0.3, 0.4) is 0 Å². The molecule has 1 aliphatic rings. The Kier molecular flexibility index (Phi) is 4.77. The zero-order valence-corrected chi connectivity index (χ0v) is 14.9. The van der Waals surface area contributed by atoms with Gasteiger partial charge in [-0.15, -0.1) is 0 Å². The van der Waals surface area contributed by atoms with Gasteiger partial charge in [0.25, 0.3) is 5.91 Å². The van der Waals surface area contributed by atoms with E-state index in [9.17, 15) is 9.90 Å². The van der Waals surface area contributed by atoms with E-state index < -0.39 is 5.60 Å². The highest BCUT2D eigenvalue weighted by Gasteiger charge is 2.42. The number of rotatable bonds is 4. The van der Waals surface area contributed by atoms with Crippen LogP contribution >= 0.6 is 0 Å². The quantitative estimate of drug-likeness (QED) is 0.929. The summed E-state index contributed by atoms with van der Waals surface area (Å²) in [5, 5.41) is 11.2. The van der Waals surface area contributed by atoms with Gasteiger partial charge in [0, 0.05) is 18.4 Å². The summed E-state index contributed by atoms with van der Waals surface area (Å²) in [6, 6.07) is 10.7. The van der Waals surface area contributed by atoms with Gasteiger partial charge in [-0.2, -0.15) is 0 Å². The number of aromatic nitrogens is 1. The molecular formula is C20H24N2O3. The number of benzene rings is 1. The van der Waals surface area contributed by atoms with E-state index in [0.717, 1.165) is 29.8 Å². The van der Waals surface area contributed by atoms with Crippen LogP contribution in [0.4, 0.5) is 0 Å². The molecule has 25 heavy (non-hydrogen) atoms. The number of methoxy groups -OCH3 is 1. The SMILES string of the molecule is COc1ccc([C@@](C)(O)[C@H]2CCCN2C(=O)c2ccc(C)nc2)cc1. The van der Waals surface area contributed by atoms with E-state index in [1.165, 1.54) is 0 Å². The summed E-state index contributed by atoms with van der Waals surface area (Å²) in [6.07, 6.45) is 3.25. The van der Waals surface area contributed by atoms with Crippen LogP contribution in [0.1, 0.15) is 41.4 Å². The lowest BCUT2D eigenvalue weighted by atomic mass is 9.86. The second-order valence-electron chi connectivity index (χ2n) is 6.72. The zero-order valence-electron chi connectivity index (χ0n) is 14.9. The Morgan fingerprint density at radius 2 is 2.00 bits per heavy atom. The van der Waals surface area contributed by atoms with Gasteiger partial charge in [0.15, 0.2) is 0 Å². The molecule has 2 atom stereocenters. The van der Waals surface area contributed by atoms with Crippen LogP contribution in [-0.2, 0) is 5.60 Å². The van der Waals surface area contributed by atoms with Crippen LogP contribution in [0.2, 0.25) is 0 Å². The molecule has 3 rings (SSSR count). The van der Waals surface area contributed by atoms with Gasteiger partial charge in [-0.1, -0.05) is 12.1 Å². The topological polar surface area (TPSA) is 62.7 Å². The maximum atomic E-state index is 12.9. The van der Waals surface area contributed by atoms with Crippen LogP contribution in [-0.4, -0.2) is 40.6 Å². The van der Waals surface area contributed by atoms with Crippen LogP contribution in [0, 0.1) is 6.92 Å². The number of ether oxygens (including phenoxy) is 1. The summed E-state index contributed by atoms with van der Waals surface area (Å²) in [6.45, 7) is 4.31. The normalized spacial score (nSPS) is 19.5. The molecule has 1 N–H and O–H groups in total. The molecule has 5 nitrogen and oxygen atoms in total. The Hall–Kier alpha value is -2.40. The summed E-state index contributed by atoms with van der Waals surface area (Å²) in [5.74, 6) is 0.661. The Morgan fingerprint density at radius 3 is 2.60 bits per heavy atom. The predicted octanol–water partition coefficient (Wildman–Crippen LogP) is 2.91. The lowest BCUT2D eigenvalue weighted by Crippen LogP contribution is -2.48. The fourth-order valence-corrected chi connectivity index (χ4v) is 3.48. The van der Waals surface area contributed by atoms with E-state index in [4.69, 9.17) is 4.74 Å². The lowest BCUT2D eigenvalue weighted by Gasteiger charge is -2.37. The predicted molar refractivity (Wildman–Crippen MR) is 95.6 cm³/mol. The first kappa shape index (κ1) is 17.4. The van der Waals surface area contributed by atoms with Crippen molar-refractivity contribution in [2.24, 2.45) is 0 Å². The first-order chi connectivity index (χ1) is 11.9. The van der Waals surface area contributed by atoms with Crippen molar-refractivity contribution in [2.75, 3.05) is 13.7 Å². The van der Waals surface area contributed by atoms with E-state index in [-0.39, 0.29) is 11.9 Å². The van der Waals surface area contributed by atoms with Gasteiger partial charge in [0.05, 0.1) is 18.7 Å². The van der Waals surface area contributed by atoms with Crippen LogP contribution in [0.5, 0.6) is 5.75 Å². The number of nitrogens with zero attached hydrogens (tertiary/aromatic N) is 2. The molecule has 1 aromatic heterocycles. The summed E-state index contributed by atoms with van der Waals surface area (Å²) in [7, 11) is 1.61. The first-order valence-corrected chi connectivity index (χ1v) is 8.54. The van der Waals surface area contributed by atoms with Crippen molar-refractivity contribution >= 4 is 5.91 Å². The number of hydrogen-bond donors (Lipinski definition) is 1. The molecule has 1 saturated heterocycles. The maximum absolute atomic E-state index is 12.9. The van der Waals surface area contributed by atoms with Gasteiger partial charge in [-0.3, -0.25) is 9.78 Å². The molecule has 2 heterocycles. The molecule has 1 fully saturated rings. The van der Waals surface area contributed by atoms with Gasteiger partial charge in [0.2, 0.25) is 0 Å². The smallest absolute Gasteiger partial charge is 0.255 e. The summed E-state index contributed by atoms with van der Waals surface area (Å²) < 4.78 is 5.18. The van der Waals surface area contributed by atoms with Crippen molar-refractivity contribution in [3.63, 3.8) is 0 Å². The Balaban J connectivity index is 1.86. The minimum atomic E-state index is -1.13. The number of carbonyl (C=O) groups excluding carboxylic acids is 1. The molecule has 0 unspecified atom stereocenters. The molecule has 0 radical (unpaired) electrons.